The highest BCUT2D eigenvalue weighted by Crippen LogP contribution is 2.35. The number of fused-ring (bicyclic) bond motifs is 1. The third-order valence-electron chi connectivity index (χ3n) is 4.50. The second-order valence-corrected chi connectivity index (χ2v) is 6.78. The van der Waals surface area contributed by atoms with Crippen LogP contribution in [0.15, 0.2) is 73.1 Å². The first-order valence-corrected chi connectivity index (χ1v) is 9.52. The zero-order chi connectivity index (χ0) is 19.9. The van der Waals surface area contributed by atoms with Crippen LogP contribution >= 0.6 is 0 Å². The number of amides is 1. The van der Waals surface area contributed by atoms with E-state index < -0.39 is 0 Å². The van der Waals surface area contributed by atoms with Gasteiger partial charge in [-0.2, -0.15) is 0 Å². The summed E-state index contributed by atoms with van der Waals surface area (Å²) in [5.74, 6) is 1.92. The Morgan fingerprint density at radius 2 is 1.93 bits per heavy atom. The zero-order valence-corrected chi connectivity index (χ0v) is 15.9. The topological polar surface area (TPSA) is 69.7 Å². The summed E-state index contributed by atoms with van der Waals surface area (Å²) in [6.07, 6.45) is 3.40. The molecule has 0 saturated carbocycles. The maximum atomic E-state index is 12.1. The van der Waals surface area contributed by atoms with Gasteiger partial charge in [-0.1, -0.05) is 36.4 Å². The number of benzene rings is 2. The van der Waals surface area contributed by atoms with Gasteiger partial charge in [0.1, 0.15) is 25.1 Å². The Kier molecular flexibility index (Phi) is 5.90. The van der Waals surface area contributed by atoms with Crippen molar-refractivity contribution in [1.82, 2.24) is 10.3 Å². The molecule has 1 aliphatic rings. The summed E-state index contributed by atoms with van der Waals surface area (Å²) in [6, 6.07) is 19.2. The summed E-state index contributed by atoms with van der Waals surface area (Å²) in [5, 5.41) is 2.89. The average molecular weight is 390 g/mol. The van der Waals surface area contributed by atoms with Crippen LogP contribution in [0.5, 0.6) is 17.2 Å². The Morgan fingerprint density at radius 3 is 2.76 bits per heavy atom. The molecule has 0 bridgehead atoms. The SMILES string of the molecule is O=C(Cc1cccnc1)NC[C@@H]1COc2ccc(OCc3ccccc3)cc2O1. The van der Waals surface area contributed by atoms with Crippen molar-refractivity contribution in [2.45, 2.75) is 19.1 Å². The van der Waals surface area contributed by atoms with Crippen LogP contribution in [0.4, 0.5) is 0 Å². The Hall–Kier alpha value is -3.54. The zero-order valence-electron chi connectivity index (χ0n) is 15.9. The molecule has 0 radical (unpaired) electrons. The molecule has 29 heavy (non-hydrogen) atoms. The summed E-state index contributed by atoms with van der Waals surface area (Å²) in [4.78, 5) is 16.1. The van der Waals surface area contributed by atoms with Gasteiger partial charge in [0.05, 0.1) is 13.0 Å². The molecule has 2 heterocycles. The molecule has 1 aromatic heterocycles. The molecule has 1 N–H and O–H groups in total. The van der Waals surface area contributed by atoms with Crippen LogP contribution in [0.3, 0.4) is 0 Å². The van der Waals surface area contributed by atoms with Gasteiger partial charge in [-0.25, -0.2) is 0 Å². The van der Waals surface area contributed by atoms with Crippen molar-refractivity contribution in [3.63, 3.8) is 0 Å². The quantitative estimate of drug-likeness (QED) is 0.671. The molecule has 0 aliphatic carbocycles. The third kappa shape index (κ3) is 5.25. The van der Waals surface area contributed by atoms with Crippen molar-refractivity contribution < 1.29 is 19.0 Å². The molecule has 1 amide bonds. The molecule has 1 atom stereocenters. The number of hydrogen-bond donors (Lipinski definition) is 1. The van der Waals surface area contributed by atoms with E-state index in [0.29, 0.717) is 37.0 Å². The second-order valence-electron chi connectivity index (χ2n) is 6.78. The number of hydrogen-bond acceptors (Lipinski definition) is 5. The van der Waals surface area contributed by atoms with Gasteiger partial charge in [0.15, 0.2) is 11.5 Å². The number of rotatable bonds is 7. The van der Waals surface area contributed by atoms with E-state index in [1.807, 2.05) is 60.7 Å². The van der Waals surface area contributed by atoms with E-state index in [1.54, 1.807) is 12.4 Å². The van der Waals surface area contributed by atoms with Gasteiger partial charge in [-0.3, -0.25) is 9.78 Å². The lowest BCUT2D eigenvalue weighted by atomic mass is 10.2. The van der Waals surface area contributed by atoms with Gasteiger partial charge in [0.25, 0.3) is 0 Å². The predicted octanol–water partition coefficient (Wildman–Crippen LogP) is 3.16. The number of nitrogens with one attached hydrogen (secondary N) is 1. The molecule has 0 unspecified atom stereocenters. The lowest BCUT2D eigenvalue weighted by Gasteiger charge is -2.27. The van der Waals surface area contributed by atoms with Crippen molar-refractivity contribution in [2.24, 2.45) is 0 Å². The summed E-state index contributed by atoms with van der Waals surface area (Å²) < 4.78 is 17.6. The number of carbonyl (C=O) groups excluding carboxylic acids is 1. The molecule has 0 spiro atoms. The fourth-order valence-corrected chi connectivity index (χ4v) is 3.01. The first-order chi connectivity index (χ1) is 14.3. The molecule has 0 fully saturated rings. The van der Waals surface area contributed by atoms with Gasteiger partial charge in [0, 0.05) is 18.5 Å². The number of aromatic nitrogens is 1. The van der Waals surface area contributed by atoms with Crippen LogP contribution in [0, 0.1) is 0 Å². The first kappa shape index (κ1) is 18.8. The van der Waals surface area contributed by atoms with Crippen molar-refractivity contribution in [1.29, 1.82) is 0 Å². The van der Waals surface area contributed by atoms with E-state index in [0.717, 1.165) is 11.1 Å². The van der Waals surface area contributed by atoms with Crippen molar-refractivity contribution in [3.05, 3.63) is 84.2 Å². The minimum absolute atomic E-state index is 0.0765. The Balaban J connectivity index is 1.29. The molecule has 148 valence electrons. The first-order valence-electron chi connectivity index (χ1n) is 9.52. The lowest BCUT2D eigenvalue weighted by molar-refractivity contribution is -0.120. The van der Waals surface area contributed by atoms with E-state index in [1.165, 1.54) is 0 Å². The van der Waals surface area contributed by atoms with Crippen LogP contribution in [-0.2, 0) is 17.8 Å². The number of pyridine rings is 1. The third-order valence-corrected chi connectivity index (χ3v) is 4.50. The molecular formula is C23H22N2O4. The van der Waals surface area contributed by atoms with E-state index >= 15 is 0 Å². The summed E-state index contributed by atoms with van der Waals surface area (Å²) in [6.45, 7) is 1.23. The van der Waals surface area contributed by atoms with Gasteiger partial charge < -0.3 is 19.5 Å². The molecule has 3 aromatic rings. The fraction of sp³-hybridized carbons (Fsp3) is 0.217. The largest absolute Gasteiger partial charge is 0.489 e. The summed E-state index contributed by atoms with van der Waals surface area (Å²) in [7, 11) is 0. The van der Waals surface area contributed by atoms with E-state index in [4.69, 9.17) is 14.2 Å². The van der Waals surface area contributed by atoms with E-state index in [2.05, 4.69) is 10.3 Å². The number of carbonyl (C=O) groups is 1. The molecule has 6 heteroatoms. The average Bonchev–Trinajstić information content (AvgIpc) is 2.77. The van der Waals surface area contributed by atoms with Gasteiger partial charge in [-0.15, -0.1) is 0 Å². The maximum absolute atomic E-state index is 12.1. The molecule has 4 rings (SSSR count). The van der Waals surface area contributed by atoms with Crippen molar-refractivity contribution >= 4 is 5.91 Å². The Bertz CT molecular complexity index is 948. The molecular weight excluding hydrogens is 368 g/mol. The minimum Gasteiger partial charge on any atom is -0.489 e. The van der Waals surface area contributed by atoms with E-state index in [9.17, 15) is 4.79 Å². The lowest BCUT2D eigenvalue weighted by Crippen LogP contribution is -2.41. The van der Waals surface area contributed by atoms with Crippen LogP contribution in [0.2, 0.25) is 0 Å². The van der Waals surface area contributed by atoms with Crippen LogP contribution in [0.1, 0.15) is 11.1 Å². The highest BCUT2D eigenvalue weighted by atomic mass is 16.6. The monoisotopic (exact) mass is 390 g/mol. The molecule has 0 saturated heterocycles. The van der Waals surface area contributed by atoms with Gasteiger partial charge in [0.2, 0.25) is 5.91 Å². The number of ether oxygens (including phenoxy) is 3. The highest BCUT2D eigenvalue weighted by Gasteiger charge is 2.22. The van der Waals surface area contributed by atoms with Gasteiger partial charge >= 0.3 is 0 Å². The number of nitrogens with zero attached hydrogens (tertiary/aromatic N) is 1. The van der Waals surface area contributed by atoms with Crippen LogP contribution < -0.4 is 19.5 Å². The Labute approximate surface area is 169 Å². The summed E-state index contributed by atoms with van der Waals surface area (Å²) >= 11 is 0. The summed E-state index contributed by atoms with van der Waals surface area (Å²) in [5.41, 5.74) is 1.97. The molecule has 2 aromatic carbocycles. The van der Waals surface area contributed by atoms with Crippen molar-refractivity contribution in [2.75, 3.05) is 13.2 Å². The minimum atomic E-state index is -0.260. The maximum Gasteiger partial charge on any atom is 0.224 e. The molecule has 1 aliphatic heterocycles. The predicted molar refractivity (Wildman–Crippen MR) is 108 cm³/mol. The second kappa shape index (κ2) is 9.10. The molecule has 6 nitrogen and oxygen atoms in total. The smallest absolute Gasteiger partial charge is 0.224 e. The van der Waals surface area contributed by atoms with Crippen LogP contribution in [0.25, 0.3) is 0 Å². The fourth-order valence-electron chi connectivity index (χ4n) is 3.01. The van der Waals surface area contributed by atoms with Gasteiger partial charge in [-0.05, 0) is 29.3 Å². The Morgan fingerprint density at radius 1 is 1.07 bits per heavy atom. The van der Waals surface area contributed by atoms with Crippen molar-refractivity contribution in [3.8, 4) is 17.2 Å². The van der Waals surface area contributed by atoms with Crippen LogP contribution in [-0.4, -0.2) is 30.1 Å². The normalized spacial score (nSPS) is 14.8. The highest BCUT2D eigenvalue weighted by molar-refractivity contribution is 5.78. The standard InChI is InChI=1S/C23H22N2O4/c26-23(11-18-7-4-10-24-13-18)25-14-20-16-28-21-9-8-19(12-22(21)29-20)27-15-17-5-2-1-3-6-17/h1-10,12-13,20H,11,14-16H2,(H,25,26)/t20-/m1/s1. The van der Waals surface area contributed by atoms with E-state index in [-0.39, 0.29) is 18.4 Å².